The van der Waals surface area contributed by atoms with Crippen LogP contribution >= 0.6 is 0 Å². The van der Waals surface area contributed by atoms with E-state index in [0.29, 0.717) is 32.0 Å². The van der Waals surface area contributed by atoms with E-state index in [-0.39, 0.29) is 24.3 Å². The second kappa shape index (κ2) is 12.2. The SMILES string of the molecule is O=C[C@H](CCC(=O)N1CCC[C@@H](C(=O)N[C@H](C=O)CC(=O)O)N1)NC(=O)c1cccnc1. The predicted octanol–water partition coefficient (Wildman–Crippen LogP) is -1.19. The van der Waals surface area contributed by atoms with Crippen molar-refractivity contribution in [1.82, 2.24) is 26.1 Å². The number of aliphatic carboxylic acids is 1. The van der Waals surface area contributed by atoms with E-state index in [1.54, 1.807) is 12.1 Å². The van der Waals surface area contributed by atoms with Crippen LogP contribution in [0, 0.1) is 0 Å². The number of aldehydes is 2. The number of hydrogen-bond acceptors (Lipinski definition) is 8. The number of carbonyl (C=O) groups excluding carboxylic acids is 5. The molecule has 32 heavy (non-hydrogen) atoms. The fraction of sp³-hybridized carbons (Fsp3) is 0.450. The summed E-state index contributed by atoms with van der Waals surface area (Å²) in [6.45, 7) is 0.336. The Bertz CT molecular complexity index is 848. The van der Waals surface area contributed by atoms with Crippen molar-refractivity contribution in [3.63, 3.8) is 0 Å². The number of nitrogens with one attached hydrogen (secondary N) is 3. The highest BCUT2D eigenvalue weighted by atomic mass is 16.4. The first-order chi connectivity index (χ1) is 15.3. The fourth-order valence-electron chi connectivity index (χ4n) is 3.10. The Balaban J connectivity index is 1.84. The zero-order chi connectivity index (χ0) is 23.5. The molecule has 0 aliphatic carbocycles. The third-order valence-electron chi connectivity index (χ3n) is 4.76. The van der Waals surface area contributed by atoms with E-state index < -0.39 is 42.3 Å². The number of carbonyl (C=O) groups is 6. The molecule has 0 spiro atoms. The van der Waals surface area contributed by atoms with E-state index in [9.17, 15) is 28.8 Å². The number of rotatable bonds is 11. The summed E-state index contributed by atoms with van der Waals surface area (Å²) >= 11 is 0. The van der Waals surface area contributed by atoms with Gasteiger partial charge < -0.3 is 25.3 Å². The van der Waals surface area contributed by atoms with Gasteiger partial charge in [-0.2, -0.15) is 0 Å². The van der Waals surface area contributed by atoms with Gasteiger partial charge in [0.05, 0.1) is 24.1 Å². The van der Waals surface area contributed by atoms with Crippen molar-refractivity contribution in [3.8, 4) is 0 Å². The summed E-state index contributed by atoms with van der Waals surface area (Å²) in [7, 11) is 0. The lowest BCUT2D eigenvalue weighted by atomic mass is 10.1. The number of amides is 3. The number of carboxylic acid groups (broad SMARTS) is 1. The molecule has 0 aromatic carbocycles. The van der Waals surface area contributed by atoms with Gasteiger partial charge in [0.15, 0.2) is 0 Å². The molecule has 2 heterocycles. The average molecular weight is 447 g/mol. The molecule has 12 heteroatoms. The number of nitrogens with zero attached hydrogens (tertiary/aromatic N) is 2. The first-order valence-corrected chi connectivity index (χ1v) is 10.0. The Labute approximate surface area is 183 Å². The maximum Gasteiger partial charge on any atom is 0.305 e. The molecule has 0 unspecified atom stereocenters. The Morgan fingerprint density at radius 1 is 1.22 bits per heavy atom. The zero-order valence-corrected chi connectivity index (χ0v) is 17.2. The van der Waals surface area contributed by atoms with E-state index in [1.165, 1.54) is 17.4 Å². The first-order valence-electron chi connectivity index (χ1n) is 10.0. The highest BCUT2D eigenvalue weighted by molar-refractivity contribution is 5.95. The van der Waals surface area contributed by atoms with Crippen LogP contribution in [0.2, 0.25) is 0 Å². The van der Waals surface area contributed by atoms with Crippen LogP contribution in [0.15, 0.2) is 24.5 Å². The largest absolute Gasteiger partial charge is 0.481 e. The minimum atomic E-state index is -1.23. The van der Waals surface area contributed by atoms with Crippen LogP contribution in [0.5, 0.6) is 0 Å². The predicted molar refractivity (Wildman–Crippen MR) is 109 cm³/mol. The minimum absolute atomic E-state index is 0.0615. The van der Waals surface area contributed by atoms with Crippen molar-refractivity contribution in [2.24, 2.45) is 0 Å². The highest BCUT2D eigenvalue weighted by Gasteiger charge is 2.29. The van der Waals surface area contributed by atoms with Gasteiger partial charge in [0.1, 0.15) is 18.6 Å². The molecule has 1 fully saturated rings. The normalized spacial score (nSPS) is 17.5. The fourth-order valence-corrected chi connectivity index (χ4v) is 3.10. The first kappa shape index (κ1) is 24.6. The third kappa shape index (κ3) is 7.54. The van der Waals surface area contributed by atoms with Crippen molar-refractivity contribution in [3.05, 3.63) is 30.1 Å². The molecule has 4 N–H and O–H groups in total. The van der Waals surface area contributed by atoms with Crippen LogP contribution in [0.1, 0.15) is 42.5 Å². The molecular weight excluding hydrogens is 422 g/mol. The zero-order valence-electron chi connectivity index (χ0n) is 17.2. The Morgan fingerprint density at radius 2 is 1.97 bits per heavy atom. The third-order valence-corrected chi connectivity index (χ3v) is 4.76. The maximum absolute atomic E-state index is 12.5. The molecule has 0 radical (unpaired) electrons. The van der Waals surface area contributed by atoms with Crippen LogP contribution in [0.25, 0.3) is 0 Å². The van der Waals surface area contributed by atoms with Gasteiger partial charge >= 0.3 is 5.97 Å². The maximum atomic E-state index is 12.5. The van der Waals surface area contributed by atoms with Gasteiger partial charge in [-0.15, -0.1) is 0 Å². The van der Waals surface area contributed by atoms with E-state index in [2.05, 4.69) is 21.0 Å². The molecule has 0 bridgehead atoms. The van der Waals surface area contributed by atoms with Crippen LogP contribution in [-0.4, -0.2) is 76.0 Å². The molecule has 1 saturated heterocycles. The molecule has 1 aromatic heterocycles. The topological polar surface area (TPSA) is 175 Å². The molecule has 3 atom stereocenters. The van der Waals surface area contributed by atoms with Crippen molar-refractivity contribution >= 4 is 36.3 Å². The lowest BCUT2D eigenvalue weighted by molar-refractivity contribution is -0.140. The lowest BCUT2D eigenvalue weighted by Crippen LogP contribution is -2.58. The van der Waals surface area contributed by atoms with Crippen LogP contribution in [0.4, 0.5) is 0 Å². The summed E-state index contributed by atoms with van der Waals surface area (Å²) < 4.78 is 0. The molecule has 3 amide bonds. The van der Waals surface area contributed by atoms with E-state index in [1.807, 2.05) is 0 Å². The van der Waals surface area contributed by atoms with Gasteiger partial charge in [0.2, 0.25) is 11.8 Å². The van der Waals surface area contributed by atoms with Gasteiger partial charge in [-0.1, -0.05) is 0 Å². The second-order valence-corrected chi connectivity index (χ2v) is 7.21. The Morgan fingerprint density at radius 3 is 2.59 bits per heavy atom. The number of carboxylic acids is 1. The monoisotopic (exact) mass is 447 g/mol. The molecule has 172 valence electrons. The van der Waals surface area contributed by atoms with Gasteiger partial charge in [0, 0.05) is 25.4 Å². The van der Waals surface area contributed by atoms with Crippen molar-refractivity contribution in [1.29, 1.82) is 0 Å². The molecule has 1 aliphatic heterocycles. The van der Waals surface area contributed by atoms with E-state index >= 15 is 0 Å². The molecule has 2 rings (SSSR count). The van der Waals surface area contributed by atoms with E-state index in [0.717, 1.165) is 0 Å². The van der Waals surface area contributed by atoms with E-state index in [4.69, 9.17) is 5.11 Å². The summed E-state index contributed by atoms with van der Waals surface area (Å²) in [5.41, 5.74) is 3.05. The number of aromatic nitrogens is 1. The molecule has 12 nitrogen and oxygen atoms in total. The summed E-state index contributed by atoms with van der Waals surface area (Å²) in [6.07, 6.45) is 4.13. The molecule has 1 aromatic rings. The molecule has 1 aliphatic rings. The minimum Gasteiger partial charge on any atom is -0.481 e. The number of hydrogen-bond donors (Lipinski definition) is 4. The number of pyridine rings is 1. The summed E-state index contributed by atoms with van der Waals surface area (Å²) in [5.74, 6) is -2.67. The highest BCUT2D eigenvalue weighted by Crippen LogP contribution is 2.11. The molecule has 0 saturated carbocycles. The number of hydrazine groups is 1. The van der Waals surface area contributed by atoms with Crippen LogP contribution in [-0.2, 0) is 24.0 Å². The van der Waals surface area contributed by atoms with Crippen molar-refractivity contribution < 1.29 is 33.9 Å². The van der Waals surface area contributed by atoms with Crippen LogP contribution < -0.4 is 16.1 Å². The van der Waals surface area contributed by atoms with Crippen molar-refractivity contribution in [2.75, 3.05) is 6.54 Å². The molecular formula is C20H25N5O7. The lowest BCUT2D eigenvalue weighted by Gasteiger charge is -2.33. The Hall–Kier alpha value is -3.67. The summed E-state index contributed by atoms with van der Waals surface area (Å²) in [6, 6.07) is 0.284. The van der Waals surface area contributed by atoms with Gasteiger partial charge in [-0.3, -0.25) is 29.2 Å². The Kier molecular flexibility index (Phi) is 9.42. The quantitative estimate of drug-likeness (QED) is 0.304. The average Bonchev–Trinajstić information content (AvgIpc) is 2.81. The van der Waals surface area contributed by atoms with Gasteiger partial charge in [0.25, 0.3) is 5.91 Å². The van der Waals surface area contributed by atoms with Gasteiger partial charge in [-0.25, -0.2) is 5.43 Å². The van der Waals surface area contributed by atoms with Gasteiger partial charge in [-0.05, 0) is 31.4 Å². The van der Waals surface area contributed by atoms with Crippen molar-refractivity contribution in [2.45, 2.75) is 50.2 Å². The standard InChI is InChI=1S/C20H25N5O7/c26-11-14(22-19(31)13-3-1-7-21-10-13)5-6-17(28)25-8-2-4-16(24-25)20(32)23-15(12-27)9-18(29)30/h1,3,7,10-12,14-16,24H,2,4-6,8-9H2,(H,22,31)(H,23,32)(H,29,30)/t14-,15-,16-/m0/s1. The van der Waals surface area contributed by atoms with Crippen LogP contribution in [0.3, 0.4) is 0 Å². The second-order valence-electron chi connectivity index (χ2n) is 7.21. The summed E-state index contributed by atoms with van der Waals surface area (Å²) in [5, 5.41) is 14.9. The smallest absolute Gasteiger partial charge is 0.305 e. The summed E-state index contributed by atoms with van der Waals surface area (Å²) in [4.78, 5) is 73.8.